The average molecular weight is 411 g/mol. The van der Waals surface area contributed by atoms with E-state index in [1.807, 2.05) is 49.4 Å². The number of likely N-dealkylation sites (tertiary alicyclic amines) is 1. The van der Waals surface area contributed by atoms with E-state index in [0.717, 1.165) is 42.4 Å². The molecule has 7 nitrogen and oxygen atoms in total. The Bertz CT molecular complexity index is 824. The zero-order chi connectivity index (χ0) is 21.2. The molecule has 0 bridgehead atoms. The summed E-state index contributed by atoms with van der Waals surface area (Å²) in [5, 5.41) is 3.40. The summed E-state index contributed by atoms with van der Waals surface area (Å²) in [6.45, 7) is 4.88. The first-order chi connectivity index (χ1) is 14.7. The predicted molar refractivity (Wildman–Crippen MR) is 116 cm³/mol. The van der Waals surface area contributed by atoms with Gasteiger partial charge in [-0.15, -0.1) is 0 Å². The molecule has 1 aromatic heterocycles. The average Bonchev–Trinajstić information content (AvgIpc) is 2.80. The second-order valence-corrected chi connectivity index (χ2v) is 7.19. The monoisotopic (exact) mass is 410 g/mol. The van der Waals surface area contributed by atoms with Crippen LogP contribution in [0.2, 0.25) is 0 Å². The summed E-state index contributed by atoms with van der Waals surface area (Å²) in [7, 11) is 1.77. The third-order valence-electron chi connectivity index (χ3n) is 5.04. The summed E-state index contributed by atoms with van der Waals surface area (Å²) in [5.74, 6) is 1.41. The van der Waals surface area contributed by atoms with Crippen LogP contribution in [0.25, 0.3) is 0 Å². The smallest absolute Gasteiger partial charge is 0.310 e. The van der Waals surface area contributed by atoms with Gasteiger partial charge in [0.1, 0.15) is 12.4 Å². The van der Waals surface area contributed by atoms with E-state index in [9.17, 15) is 4.79 Å². The molecule has 2 heterocycles. The molecule has 0 aliphatic carbocycles. The Morgan fingerprint density at radius 1 is 1.27 bits per heavy atom. The summed E-state index contributed by atoms with van der Waals surface area (Å²) < 4.78 is 11.0. The van der Waals surface area contributed by atoms with E-state index >= 15 is 0 Å². The third-order valence-corrected chi connectivity index (χ3v) is 5.04. The molecule has 1 aromatic carbocycles. The zero-order valence-electron chi connectivity index (χ0n) is 17.7. The number of nitrogens with zero attached hydrogens (tertiary/aromatic N) is 3. The number of hydrogen-bond donors (Lipinski definition) is 1. The Labute approximate surface area is 178 Å². The molecular formula is C23H30N4O3. The molecular weight excluding hydrogens is 380 g/mol. The van der Waals surface area contributed by atoms with Crippen LogP contribution in [-0.4, -0.2) is 48.6 Å². The van der Waals surface area contributed by atoms with Gasteiger partial charge >= 0.3 is 5.97 Å². The number of benzene rings is 1. The molecule has 30 heavy (non-hydrogen) atoms. The standard InChI is InChI=1S/C23H30N4O3/c1-3-29-22(28)19-7-6-14-27(16-19)23(24-2)26-15-18-9-11-21(12-10-18)30-17-20-8-4-5-13-25-20/h4-5,8-13,19H,3,6-7,14-17H2,1-2H3,(H,24,26). The van der Waals surface area contributed by atoms with E-state index in [0.29, 0.717) is 26.3 Å². The number of aliphatic imine (C=N–C) groups is 1. The molecule has 1 atom stereocenters. The maximum absolute atomic E-state index is 12.1. The van der Waals surface area contributed by atoms with Crippen molar-refractivity contribution in [3.8, 4) is 5.75 Å². The van der Waals surface area contributed by atoms with E-state index < -0.39 is 0 Å². The van der Waals surface area contributed by atoms with Gasteiger partial charge in [-0.1, -0.05) is 18.2 Å². The second-order valence-electron chi connectivity index (χ2n) is 7.19. The molecule has 1 aliphatic heterocycles. The molecule has 1 aliphatic rings. The van der Waals surface area contributed by atoms with E-state index in [2.05, 4.69) is 20.2 Å². The van der Waals surface area contributed by atoms with Crippen molar-refractivity contribution in [2.75, 3.05) is 26.7 Å². The number of hydrogen-bond acceptors (Lipinski definition) is 5. The number of carbonyl (C=O) groups excluding carboxylic acids is 1. The lowest BCUT2D eigenvalue weighted by Crippen LogP contribution is -2.48. The largest absolute Gasteiger partial charge is 0.487 e. The minimum Gasteiger partial charge on any atom is -0.487 e. The Balaban J connectivity index is 1.49. The van der Waals surface area contributed by atoms with Crippen molar-refractivity contribution in [1.29, 1.82) is 0 Å². The van der Waals surface area contributed by atoms with Crippen LogP contribution in [-0.2, 0) is 22.7 Å². The molecule has 7 heteroatoms. The molecule has 0 radical (unpaired) electrons. The van der Waals surface area contributed by atoms with Gasteiger partial charge in [0.2, 0.25) is 0 Å². The number of guanidine groups is 1. The fourth-order valence-corrected chi connectivity index (χ4v) is 3.48. The molecule has 2 aromatic rings. The molecule has 3 rings (SSSR count). The van der Waals surface area contributed by atoms with Crippen molar-refractivity contribution in [2.45, 2.75) is 32.9 Å². The van der Waals surface area contributed by atoms with Crippen LogP contribution in [0.3, 0.4) is 0 Å². The van der Waals surface area contributed by atoms with Gasteiger partial charge in [-0.25, -0.2) is 0 Å². The number of piperidine rings is 1. The van der Waals surface area contributed by atoms with Crippen LogP contribution < -0.4 is 10.1 Å². The van der Waals surface area contributed by atoms with E-state index in [4.69, 9.17) is 9.47 Å². The Hall–Kier alpha value is -3.09. The summed E-state index contributed by atoms with van der Waals surface area (Å²) in [4.78, 5) is 22.9. The van der Waals surface area contributed by atoms with Gasteiger partial charge < -0.3 is 19.7 Å². The van der Waals surface area contributed by atoms with Gasteiger partial charge in [0.05, 0.1) is 18.2 Å². The maximum Gasteiger partial charge on any atom is 0.310 e. The van der Waals surface area contributed by atoms with Crippen molar-refractivity contribution in [3.05, 3.63) is 59.9 Å². The number of ether oxygens (including phenoxy) is 2. The first-order valence-corrected chi connectivity index (χ1v) is 10.4. The molecule has 1 fully saturated rings. The van der Waals surface area contributed by atoms with E-state index in [-0.39, 0.29) is 11.9 Å². The summed E-state index contributed by atoms with van der Waals surface area (Å²) in [6, 6.07) is 13.8. The highest BCUT2D eigenvalue weighted by Gasteiger charge is 2.28. The Morgan fingerprint density at radius 3 is 2.80 bits per heavy atom. The predicted octanol–water partition coefficient (Wildman–Crippen LogP) is 3.01. The van der Waals surface area contributed by atoms with Gasteiger partial charge in [-0.05, 0) is 49.6 Å². The van der Waals surface area contributed by atoms with Crippen LogP contribution in [0.15, 0.2) is 53.7 Å². The van der Waals surface area contributed by atoms with Crippen molar-refractivity contribution in [2.24, 2.45) is 10.9 Å². The van der Waals surface area contributed by atoms with Crippen LogP contribution >= 0.6 is 0 Å². The highest BCUT2D eigenvalue weighted by atomic mass is 16.5. The number of nitrogens with one attached hydrogen (secondary N) is 1. The number of esters is 1. The van der Waals surface area contributed by atoms with Gasteiger partial charge in [0.15, 0.2) is 5.96 Å². The molecule has 1 unspecified atom stereocenters. The highest BCUT2D eigenvalue weighted by molar-refractivity contribution is 5.81. The van der Waals surface area contributed by atoms with Gasteiger partial charge in [0.25, 0.3) is 0 Å². The Kier molecular flexibility index (Phi) is 8.06. The molecule has 0 amide bonds. The lowest BCUT2D eigenvalue weighted by Gasteiger charge is -2.34. The fraction of sp³-hybridized carbons (Fsp3) is 0.435. The van der Waals surface area contributed by atoms with Gasteiger partial charge in [-0.2, -0.15) is 0 Å². The molecule has 1 saturated heterocycles. The first-order valence-electron chi connectivity index (χ1n) is 10.4. The number of rotatable bonds is 7. The SMILES string of the molecule is CCOC(=O)C1CCCN(C(=NC)NCc2ccc(OCc3ccccn3)cc2)C1. The van der Waals surface area contributed by atoms with Crippen molar-refractivity contribution in [1.82, 2.24) is 15.2 Å². The van der Waals surface area contributed by atoms with Crippen LogP contribution in [0.1, 0.15) is 31.0 Å². The summed E-state index contributed by atoms with van der Waals surface area (Å²) in [6.07, 6.45) is 3.58. The van der Waals surface area contributed by atoms with Crippen LogP contribution in [0.4, 0.5) is 0 Å². The first kappa shape index (κ1) is 21.6. The summed E-state index contributed by atoms with van der Waals surface area (Å²) >= 11 is 0. The zero-order valence-corrected chi connectivity index (χ0v) is 17.7. The number of aromatic nitrogens is 1. The van der Waals surface area contributed by atoms with E-state index in [1.165, 1.54) is 0 Å². The summed E-state index contributed by atoms with van der Waals surface area (Å²) in [5.41, 5.74) is 2.02. The Morgan fingerprint density at radius 2 is 2.10 bits per heavy atom. The lowest BCUT2D eigenvalue weighted by molar-refractivity contribution is -0.149. The van der Waals surface area contributed by atoms with Crippen molar-refractivity contribution >= 4 is 11.9 Å². The second kappa shape index (κ2) is 11.2. The lowest BCUT2D eigenvalue weighted by atomic mass is 9.98. The molecule has 0 saturated carbocycles. The minimum absolute atomic E-state index is 0.0900. The molecule has 0 spiro atoms. The molecule has 160 valence electrons. The maximum atomic E-state index is 12.1. The third kappa shape index (κ3) is 6.20. The molecule has 1 N–H and O–H groups in total. The topological polar surface area (TPSA) is 76.0 Å². The van der Waals surface area contributed by atoms with Crippen LogP contribution in [0.5, 0.6) is 5.75 Å². The minimum atomic E-state index is -0.112. The number of pyridine rings is 1. The van der Waals surface area contributed by atoms with Gasteiger partial charge in [0, 0.05) is 32.9 Å². The highest BCUT2D eigenvalue weighted by Crippen LogP contribution is 2.18. The number of carbonyl (C=O) groups is 1. The van der Waals surface area contributed by atoms with Gasteiger partial charge in [-0.3, -0.25) is 14.8 Å². The fourth-order valence-electron chi connectivity index (χ4n) is 3.48. The normalized spacial score (nSPS) is 16.8. The van der Waals surface area contributed by atoms with Crippen LogP contribution in [0, 0.1) is 5.92 Å². The quantitative estimate of drug-likeness (QED) is 0.430. The van der Waals surface area contributed by atoms with Crippen molar-refractivity contribution in [3.63, 3.8) is 0 Å². The van der Waals surface area contributed by atoms with E-state index in [1.54, 1.807) is 13.2 Å². The van der Waals surface area contributed by atoms with Crippen molar-refractivity contribution < 1.29 is 14.3 Å².